The predicted molar refractivity (Wildman–Crippen MR) is 94.6 cm³/mol. The summed E-state index contributed by atoms with van der Waals surface area (Å²) >= 11 is 0. The first-order valence-corrected chi connectivity index (χ1v) is 9.87. The summed E-state index contributed by atoms with van der Waals surface area (Å²) in [6.45, 7) is 14.1. The molecule has 0 aromatic heterocycles. The molecule has 0 amide bonds. The van der Waals surface area contributed by atoms with Crippen molar-refractivity contribution in [3.8, 4) is 0 Å². The molecule has 3 saturated heterocycles. The monoisotopic (exact) mass is 361 g/mol. The predicted octanol–water partition coefficient (Wildman–Crippen LogP) is 3.31. The van der Waals surface area contributed by atoms with Gasteiger partial charge in [-0.15, -0.1) is 0 Å². The van der Waals surface area contributed by atoms with Gasteiger partial charge < -0.3 is 4.90 Å². The summed E-state index contributed by atoms with van der Waals surface area (Å²) in [4.78, 5) is 6.36. The number of nitrogens with zero attached hydrogens (tertiary/aromatic N) is 3. The molecule has 1 spiro atoms. The summed E-state index contributed by atoms with van der Waals surface area (Å²) in [6, 6.07) is -0.692. The lowest BCUT2D eigenvalue weighted by Gasteiger charge is -2.57. The fraction of sp³-hybridized carbons (Fsp3) is 1.00. The molecule has 146 valence electrons. The van der Waals surface area contributed by atoms with E-state index in [1.165, 1.54) is 0 Å². The molecular weight excluding hydrogens is 327 g/mol. The van der Waals surface area contributed by atoms with Crippen LogP contribution >= 0.6 is 0 Å². The van der Waals surface area contributed by atoms with Gasteiger partial charge in [0.05, 0.1) is 0 Å². The number of likely N-dealkylation sites (tertiary alicyclic amines) is 3. The van der Waals surface area contributed by atoms with Gasteiger partial charge >= 0.3 is 6.18 Å². The minimum Gasteiger partial charge on any atom is -0.302 e. The van der Waals surface area contributed by atoms with Gasteiger partial charge in [0, 0.05) is 44.7 Å². The first-order chi connectivity index (χ1) is 11.6. The summed E-state index contributed by atoms with van der Waals surface area (Å²) in [5.41, 5.74) is 0.292. The Balaban J connectivity index is 1.54. The highest BCUT2D eigenvalue weighted by Crippen LogP contribution is 2.44. The standard InChI is InChI=1S/C19H34F3N3/c1-14(2)9-23-10-16(11-23)17(19(20,21)22)24-7-5-18(6-8-24)12-25(13-18)15(3)4/h14-17H,5-13H2,1-4H3. The van der Waals surface area contributed by atoms with Crippen LogP contribution in [0.5, 0.6) is 0 Å². The number of piperidine rings is 1. The Hall–Kier alpha value is -0.330. The van der Waals surface area contributed by atoms with Gasteiger partial charge in [0.1, 0.15) is 6.04 Å². The van der Waals surface area contributed by atoms with Crippen LogP contribution in [0.15, 0.2) is 0 Å². The van der Waals surface area contributed by atoms with E-state index in [4.69, 9.17) is 0 Å². The maximum atomic E-state index is 13.8. The maximum absolute atomic E-state index is 13.8. The Labute approximate surface area is 150 Å². The number of halogens is 3. The molecular formula is C19H34F3N3. The number of hydrogen-bond acceptors (Lipinski definition) is 3. The molecule has 1 unspecified atom stereocenters. The first kappa shape index (κ1) is 19.4. The molecule has 0 aromatic rings. The van der Waals surface area contributed by atoms with Crippen molar-refractivity contribution in [2.24, 2.45) is 17.3 Å². The normalized spacial score (nSPS) is 27.7. The lowest BCUT2D eigenvalue weighted by molar-refractivity contribution is -0.219. The molecule has 0 N–H and O–H groups in total. The largest absolute Gasteiger partial charge is 0.404 e. The van der Waals surface area contributed by atoms with E-state index in [2.05, 4.69) is 37.5 Å². The molecule has 0 aliphatic carbocycles. The summed E-state index contributed by atoms with van der Waals surface area (Å²) in [5.74, 6) is 0.268. The van der Waals surface area contributed by atoms with Crippen LogP contribution in [0.1, 0.15) is 40.5 Å². The average Bonchev–Trinajstić information content (AvgIpc) is 2.41. The molecule has 25 heavy (non-hydrogen) atoms. The van der Waals surface area contributed by atoms with E-state index >= 15 is 0 Å². The molecule has 3 nitrogen and oxygen atoms in total. The lowest BCUT2D eigenvalue weighted by Crippen LogP contribution is -2.66. The Bertz CT molecular complexity index is 441. The molecule has 3 aliphatic heterocycles. The van der Waals surface area contributed by atoms with Gasteiger partial charge in [0.25, 0.3) is 0 Å². The smallest absolute Gasteiger partial charge is 0.302 e. The number of rotatable bonds is 5. The van der Waals surface area contributed by atoms with Crippen LogP contribution < -0.4 is 0 Å². The zero-order chi connectivity index (χ0) is 18.4. The van der Waals surface area contributed by atoms with E-state index < -0.39 is 12.2 Å². The quantitative estimate of drug-likeness (QED) is 0.744. The summed E-state index contributed by atoms with van der Waals surface area (Å²) in [5, 5.41) is 0. The lowest BCUT2D eigenvalue weighted by atomic mass is 9.71. The highest BCUT2D eigenvalue weighted by Gasteiger charge is 2.54. The molecule has 0 bridgehead atoms. The van der Waals surface area contributed by atoms with Crippen LogP contribution in [0.2, 0.25) is 0 Å². The van der Waals surface area contributed by atoms with Crippen molar-refractivity contribution in [1.29, 1.82) is 0 Å². The van der Waals surface area contributed by atoms with Gasteiger partial charge in [-0.05, 0) is 51.1 Å². The zero-order valence-electron chi connectivity index (χ0n) is 16.1. The summed E-state index contributed by atoms with van der Waals surface area (Å²) in [6.07, 6.45) is -2.26. The van der Waals surface area contributed by atoms with Crippen LogP contribution in [0.3, 0.4) is 0 Å². The Morgan fingerprint density at radius 3 is 1.96 bits per heavy atom. The van der Waals surface area contributed by atoms with Crippen molar-refractivity contribution in [2.45, 2.75) is 58.8 Å². The van der Waals surface area contributed by atoms with E-state index in [1.807, 2.05) is 0 Å². The Morgan fingerprint density at radius 2 is 1.52 bits per heavy atom. The zero-order valence-corrected chi connectivity index (χ0v) is 16.1. The van der Waals surface area contributed by atoms with E-state index in [1.54, 1.807) is 4.90 Å². The average molecular weight is 361 g/mol. The molecule has 0 radical (unpaired) electrons. The maximum Gasteiger partial charge on any atom is 0.404 e. The Morgan fingerprint density at radius 1 is 0.960 bits per heavy atom. The van der Waals surface area contributed by atoms with E-state index in [9.17, 15) is 13.2 Å². The fourth-order valence-corrected chi connectivity index (χ4v) is 5.02. The van der Waals surface area contributed by atoms with Crippen LogP contribution in [-0.2, 0) is 0 Å². The molecule has 3 rings (SSSR count). The van der Waals surface area contributed by atoms with Crippen LogP contribution in [0, 0.1) is 17.3 Å². The Kier molecular flexibility index (Phi) is 5.45. The second kappa shape index (κ2) is 7.01. The van der Waals surface area contributed by atoms with Gasteiger partial charge in [0.15, 0.2) is 0 Å². The van der Waals surface area contributed by atoms with E-state index in [-0.39, 0.29) is 5.92 Å². The SMILES string of the molecule is CC(C)CN1CC(C(N2CCC3(CC2)CN(C(C)C)C3)C(F)(F)F)C1. The first-order valence-electron chi connectivity index (χ1n) is 9.87. The highest BCUT2D eigenvalue weighted by molar-refractivity contribution is 5.02. The number of hydrogen-bond donors (Lipinski definition) is 0. The molecule has 3 heterocycles. The molecule has 6 heteroatoms. The van der Waals surface area contributed by atoms with E-state index in [0.29, 0.717) is 43.6 Å². The topological polar surface area (TPSA) is 9.72 Å². The van der Waals surface area contributed by atoms with Gasteiger partial charge in [-0.1, -0.05) is 13.8 Å². The van der Waals surface area contributed by atoms with Crippen LogP contribution in [0.25, 0.3) is 0 Å². The van der Waals surface area contributed by atoms with Crippen molar-refractivity contribution in [1.82, 2.24) is 14.7 Å². The van der Waals surface area contributed by atoms with Crippen molar-refractivity contribution in [2.75, 3.05) is 45.8 Å². The molecule has 1 atom stereocenters. The fourth-order valence-electron chi connectivity index (χ4n) is 5.02. The molecule has 0 aromatic carbocycles. The van der Waals surface area contributed by atoms with Gasteiger partial charge in [-0.25, -0.2) is 0 Å². The molecule has 3 fully saturated rings. The minimum absolute atomic E-state index is 0.249. The van der Waals surface area contributed by atoms with Crippen molar-refractivity contribution >= 4 is 0 Å². The molecule has 3 aliphatic rings. The van der Waals surface area contributed by atoms with Gasteiger partial charge in [-0.3, -0.25) is 9.80 Å². The highest BCUT2D eigenvalue weighted by atomic mass is 19.4. The molecule has 0 saturated carbocycles. The van der Waals surface area contributed by atoms with Crippen LogP contribution in [0.4, 0.5) is 13.2 Å². The minimum atomic E-state index is -4.11. The van der Waals surface area contributed by atoms with Crippen molar-refractivity contribution in [3.63, 3.8) is 0 Å². The third kappa shape index (κ3) is 4.16. The van der Waals surface area contributed by atoms with Gasteiger partial charge in [-0.2, -0.15) is 13.2 Å². The second-order valence-electron chi connectivity index (χ2n) is 9.39. The van der Waals surface area contributed by atoms with E-state index in [0.717, 1.165) is 32.5 Å². The second-order valence-corrected chi connectivity index (χ2v) is 9.39. The third-order valence-electron chi connectivity index (χ3n) is 6.45. The summed E-state index contributed by atoms with van der Waals surface area (Å²) < 4.78 is 41.3. The van der Waals surface area contributed by atoms with Gasteiger partial charge in [0.2, 0.25) is 0 Å². The van der Waals surface area contributed by atoms with Crippen LogP contribution in [-0.4, -0.2) is 78.8 Å². The number of alkyl halides is 3. The van der Waals surface area contributed by atoms with Crippen molar-refractivity contribution in [3.05, 3.63) is 0 Å². The summed E-state index contributed by atoms with van der Waals surface area (Å²) in [7, 11) is 0. The van der Waals surface area contributed by atoms with Crippen molar-refractivity contribution < 1.29 is 13.2 Å². The third-order valence-corrected chi connectivity index (χ3v) is 6.45.